The Kier molecular flexibility index (Phi) is 3.85. The fourth-order valence-corrected chi connectivity index (χ4v) is 2.98. The lowest BCUT2D eigenvalue weighted by Gasteiger charge is -2.35. The molecule has 1 aromatic heterocycles. The summed E-state index contributed by atoms with van der Waals surface area (Å²) in [5.41, 5.74) is -0.633. The molecule has 0 atom stereocenters. The van der Waals surface area contributed by atoms with Gasteiger partial charge in [-0.3, -0.25) is 4.79 Å². The minimum Gasteiger partial charge on any atom is -0.481 e. The quantitative estimate of drug-likeness (QED) is 0.878. The molecule has 0 radical (unpaired) electrons. The number of rotatable bonds is 4. The first kappa shape index (κ1) is 13.3. The molecule has 0 aromatic carbocycles. The summed E-state index contributed by atoms with van der Waals surface area (Å²) in [6, 6.07) is 0. The second-order valence-corrected chi connectivity index (χ2v) is 6.43. The third kappa shape index (κ3) is 2.80. The van der Waals surface area contributed by atoms with Gasteiger partial charge in [0.2, 0.25) is 5.13 Å². The average Bonchev–Trinajstić information content (AvgIpc) is 2.75. The number of hydrogen-bond donors (Lipinski definition) is 2. The standard InChI is InChI=1S/C12H19N3O2S/c1-8-3-5-12(6-4-8,10(16)17)7-13-11-15-14-9(2)18-11/h8H,3-7H2,1-2H3,(H,13,15)(H,16,17). The summed E-state index contributed by atoms with van der Waals surface area (Å²) in [6.45, 7) is 4.52. The highest BCUT2D eigenvalue weighted by Gasteiger charge is 2.41. The van der Waals surface area contributed by atoms with Gasteiger partial charge in [0, 0.05) is 6.54 Å². The lowest BCUT2D eigenvalue weighted by atomic mass is 9.71. The smallest absolute Gasteiger partial charge is 0.311 e. The van der Waals surface area contributed by atoms with Gasteiger partial charge in [-0.2, -0.15) is 0 Å². The van der Waals surface area contributed by atoms with Crippen molar-refractivity contribution < 1.29 is 9.90 Å². The van der Waals surface area contributed by atoms with Crippen molar-refractivity contribution in [2.45, 2.75) is 39.5 Å². The fraction of sp³-hybridized carbons (Fsp3) is 0.750. The van der Waals surface area contributed by atoms with E-state index in [1.165, 1.54) is 11.3 Å². The maximum atomic E-state index is 11.5. The Morgan fingerprint density at radius 3 is 2.67 bits per heavy atom. The van der Waals surface area contributed by atoms with Crippen molar-refractivity contribution in [3.63, 3.8) is 0 Å². The van der Waals surface area contributed by atoms with E-state index in [4.69, 9.17) is 0 Å². The molecule has 2 rings (SSSR count). The second kappa shape index (κ2) is 5.22. The average molecular weight is 269 g/mol. The van der Waals surface area contributed by atoms with E-state index in [1.807, 2.05) is 6.92 Å². The molecular weight excluding hydrogens is 250 g/mol. The normalized spacial score (nSPS) is 28.0. The van der Waals surface area contributed by atoms with Crippen LogP contribution < -0.4 is 5.32 Å². The van der Waals surface area contributed by atoms with Crippen LogP contribution >= 0.6 is 11.3 Å². The predicted octanol–water partition coefficient (Wildman–Crippen LogP) is 2.54. The Bertz CT molecular complexity index is 425. The number of aromatic nitrogens is 2. The van der Waals surface area contributed by atoms with Crippen molar-refractivity contribution in [3.8, 4) is 0 Å². The van der Waals surface area contributed by atoms with Gasteiger partial charge >= 0.3 is 5.97 Å². The summed E-state index contributed by atoms with van der Waals surface area (Å²) in [6.07, 6.45) is 3.47. The minimum atomic E-state index is -0.692. The van der Waals surface area contributed by atoms with Crippen molar-refractivity contribution >= 4 is 22.4 Å². The van der Waals surface area contributed by atoms with Crippen LogP contribution in [0.25, 0.3) is 0 Å². The molecular formula is C12H19N3O2S. The van der Waals surface area contributed by atoms with E-state index in [0.717, 1.165) is 30.7 Å². The molecule has 100 valence electrons. The van der Waals surface area contributed by atoms with E-state index in [0.29, 0.717) is 17.6 Å². The molecule has 1 aliphatic carbocycles. The zero-order valence-electron chi connectivity index (χ0n) is 10.8. The highest BCUT2D eigenvalue weighted by atomic mass is 32.1. The van der Waals surface area contributed by atoms with E-state index >= 15 is 0 Å². The van der Waals surface area contributed by atoms with Crippen LogP contribution in [0, 0.1) is 18.3 Å². The maximum Gasteiger partial charge on any atom is 0.311 e. The molecule has 0 saturated heterocycles. The summed E-state index contributed by atoms with van der Waals surface area (Å²) in [5.74, 6) is -0.0515. The van der Waals surface area contributed by atoms with E-state index in [9.17, 15) is 9.90 Å². The molecule has 2 N–H and O–H groups in total. The molecule has 0 unspecified atom stereocenters. The fourth-order valence-electron chi connectivity index (χ4n) is 2.39. The number of nitrogens with one attached hydrogen (secondary N) is 1. The van der Waals surface area contributed by atoms with Crippen LogP contribution in [0.3, 0.4) is 0 Å². The van der Waals surface area contributed by atoms with Gasteiger partial charge in [0.05, 0.1) is 5.41 Å². The topological polar surface area (TPSA) is 75.1 Å². The summed E-state index contributed by atoms with van der Waals surface area (Å²) < 4.78 is 0. The molecule has 1 heterocycles. The van der Waals surface area contributed by atoms with Crippen LogP contribution in [-0.4, -0.2) is 27.8 Å². The third-order valence-corrected chi connectivity index (χ3v) is 4.59. The minimum absolute atomic E-state index is 0.448. The summed E-state index contributed by atoms with van der Waals surface area (Å²) in [7, 11) is 0. The van der Waals surface area contributed by atoms with E-state index in [2.05, 4.69) is 22.4 Å². The molecule has 18 heavy (non-hydrogen) atoms. The van der Waals surface area contributed by atoms with Gasteiger partial charge in [0.25, 0.3) is 0 Å². The van der Waals surface area contributed by atoms with Gasteiger partial charge in [-0.1, -0.05) is 18.3 Å². The van der Waals surface area contributed by atoms with Crippen molar-refractivity contribution in [3.05, 3.63) is 5.01 Å². The largest absolute Gasteiger partial charge is 0.481 e. The summed E-state index contributed by atoms with van der Waals surface area (Å²) in [5, 5.41) is 22.1. The number of carboxylic acids is 1. The van der Waals surface area contributed by atoms with Crippen molar-refractivity contribution in [1.29, 1.82) is 0 Å². The number of hydrogen-bond acceptors (Lipinski definition) is 5. The molecule has 0 amide bonds. The zero-order chi connectivity index (χ0) is 13.2. The molecule has 0 spiro atoms. The maximum absolute atomic E-state index is 11.5. The van der Waals surface area contributed by atoms with Gasteiger partial charge in [-0.15, -0.1) is 10.2 Å². The van der Waals surface area contributed by atoms with Crippen molar-refractivity contribution in [2.75, 3.05) is 11.9 Å². The Morgan fingerprint density at radius 1 is 1.50 bits per heavy atom. The van der Waals surface area contributed by atoms with E-state index < -0.39 is 11.4 Å². The SMILES string of the molecule is Cc1nnc(NCC2(C(=O)O)CCC(C)CC2)s1. The third-order valence-electron chi connectivity index (χ3n) is 3.79. The Balaban J connectivity index is 2.00. The van der Waals surface area contributed by atoms with Crippen LogP contribution in [0.5, 0.6) is 0 Å². The first-order valence-electron chi connectivity index (χ1n) is 6.29. The molecule has 5 nitrogen and oxygen atoms in total. The van der Waals surface area contributed by atoms with Crippen LogP contribution in [0.1, 0.15) is 37.6 Å². The zero-order valence-corrected chi connectivity index (χ0v) is 11.6. The Morgan fingerprint density at radius 2 is 2.17 bits per heavy atom. The van der Waals surface area contributed by atoms with Crippen LogP contribution in [-0.2, 0) is 4.79 Å². The van der Waals surface area contributed by atoms with E-state index in [-0.39, 0.29) is 0 Å². The van der Waals surface area contributed by atoms with Gasteiger partial charge in [-0.05, 0) is 38.5 Å². The van der Waals surface area contributed by atoms with Crippen LogP contribution in [0.4, 0.5) is 5.13 Å². The highest BCUT2D eigenvalue weighted by molar-refractivity contribution is 7.15. The number of aryl methyl sites for hydroxylation is 1. The highest BCUT2D eigenvalue weighted by Crippen LogP contribution is 2.39. The molecule has 6 heteroatoms. The molecule has 1 saturated carbocycles. The number of aliphatic carboxylic acids is 1. The van der Waals surface area contributed by atoms with Gasteiger partial charge in [0.15, 0.2) is 0 Å². The number of anilines is 1. The predicted molar refractivity (Wildman–Crippen MR) is 70.8 cm³/mol. The number of nitrogens with zero attached hydrogens (tertiary/aromatic N) is 2. The van der Waals surface area contributed by atoms with Gasteiger partial charge in [0.1, 0.15) is 5.01 Å². The molecule has 1 aromatic rings. The monoisotopic (exact) mass is 269 g/mol. The van der Waals surface area contributed by atoms with Crippen LogP contribution in [0.2, 0.25) is 0 Å². The lowest BCUT2D eigenvalue weighted by molar-refractivity contribution is -0.150. The Labute approximate surface area is 111 Å². The summed E-state index contributed by atoms with van der Waals surface area (Å²) >= 11 is 1.46. The van der Waals surface area contributed by atoms with Gasteiger partial charge < -0.3 is 10.4 Å². The molecule has 1 fully saturated rings. The Hall–Kier alpha value is -1.17. The van der Waals surface area contributed by atoms with Crippen molar-refractivity contribution in [1.82, 2.24) is 10.2 Å². The molecule has 0 aliphatic heterocycles. The molecule has 1 aliphatic rings. The molecule has 0 bridgehead atoms. The van der Waals surface area contributed by atoms with Crippen LogP contribution in [0.15, 0.2) is 0 Å². The van der Waals surface area contributed by atoms with Crippen molar-refractivity contribution in [2.24, 2.45) is 11.3 Å². The lowest BCUT2D eigenvalue weighted by Crippen LogP contribution is -2.41. The van der Waals surface area contributed by atoms with E-state index in [1.54, 1.807) is 0 Å². The van der Waals surface area contributed by atoms with Gasteiger partial charge in [-0.25, -0.2) is 0 Å². The number of carboxylic acid groups (broad SMARTS) is 1. The summed E-state index contributed by atoms with van der Waals surface area (Å²) in [4.78, 5) is 11.5. The second-order valence-electron chi connectivity index (χ2n) is 5.25. The first-order valence-corrected chi connectivity index (χ1v) is 7.11. The number of carbonyl (C=O) groups is 1. The first-order chi connectivity index (χ1) is 8.52.